The number of aromatic nitrogens is 2. The lowest BCUT2D eigenvalue weighted by molar-refractivity contribution is 0.353. The quantitative estimate of drug-likeness (QED) is 0.693. The van der Waals surface area contributed by atoms with Crippen LogP contribution in [0.5, 0.6) is 0 Å². The second-order valence-electron chi connectivity index (χ2n) is 4.95. The SMILES string of the molecule is Cc1ccc2c(c1)C(=S)N1CSCC1c1noc(=O)n1-2. The first-order chi connectivity index (χ1) is 9.66. The van der Waals surface area contributed by atoms with Crippen molar-refractivity contribution < 1.29 is 4.52 Å². The van der Waals surface area contributed by atoms with E-state index in [4.69, 9.17) is 16.7 Å². The average Bonchev–Trinajstić information content (AvgIpc) is 3.02. The van der Waals surface area contributed by atoms with E-state index in [0.29, 0.717) is 5.82 Å². The van der Waals surface area contributed by atoms with Crippen molar-refractivity contribution in [2.45, 2.75) is 13.0 Å². The lowest BCUT2D eigenvalue weighted by Gasteiger charge is -2.22. The molecule has 0 aliphatic carbocycles. The van der Waals surface area contributed by atoms with E-state index < -0.39 is 5.76 Å². The smallest absolute Gasteiger partial charge is 0.342 e. The topological polar surface area (TPSA) is 51.3 Å². The molecule has 5 nitrogen and oxygen atoms in total. The van der Waals surface area contributed by atoms with Crippen LogP contribution in [-0.4, -0.2) is 31.2 Å². The van der Waals surface area contributed by atoms with Gasteiger partial charge in [0.1, 0.15) is 11.0 Å². The van der Waals surface area contributed by atoms with Crippen molar-refractivity contribution in [3.8, 4) is 5.69 Å². The van der Waals surface area contributed by atoms with Gasteiger partial charge >= 0.3 is 5.76 Å². The largest absolute Gasteiger partial charge is 0.446 e. The Balaban J connectivity index is 2.09. The van der Waals surface area contributed by atoms with E-state index in [2.05, 4.69) is 10.1 Å². The number of thiocarbonyl (C=S) groups is 1. The normalized spacial score (nSPS) is 20.4. The number of thioether (sulfide) groups is 1. The molecule has 3 heterocycles. The van der Waals surface area contributed by atoms with Crippen LogP contribution in [0.1, 0.15) is 23.0 Å². The molecule has 0 saturated carbocycles. The molecule has 1 saturated heterocycles. The molecular weight excluding hydrogens is 294 g/mol. The molecule has 1 unspecified atom stereocenters. The van der Waals surface area contributed by atoms with Crippen molar-refractivity contribution in [2.24, 2.45) is 0 Å². The molecule has 4 rings (SSSR count). The van der Waals surface area contributed by atoms with E-state index in [1.807, 2.05) is 25.1 Å². The van der Waals surface area contributed by atoms with Crippen molar-refractivity contribution in [3.63, 3.8) is 0 Å². The number of aryl methyl sites for hydroxylation is 1. The molecule has 0 radical (unpaired) electrons. The monoisotopic (exact) mass is 305 g/mol. The standard InChI is InChI=1S/C13H11N3O2S2/c1-7-2-3-9-8(4-7)12(19)15-6-20-5-10(15)11-14-18-13(17)16(9)11/h2-4,10H,5-6H2,1H3. The molecular formula is C13H11N3O2S2. The Hall–Kier alpha value is -1.60. The first-order valence-corrected chi connectivity index (χ1v) is 7.81. The van der Waals surface area contributed by atoms with Crippen LogP contribution in [0.2, 0.25) is 0 Å². The Labute approximate surface area is 124 Å². The highest BCUT2D eigenvalue weighted by Crippen LogP contribution is 2.38. The number of benzene rings is 1. The lowest BCUT2D eigenvalue weighted by Crippen LogP contribution is -2.29. The van der Waals surface area contributed by atoms with Gasteiger partial charge in [-0.1, -0.05) is 29.0 Å². The molecule has 1 atom stereocenters. The molecule has 0 amide bonds. The number of hydrogen-bond acceptors (Lipinski definition) is 5. The Morgan fingerprint density at radius 3 is 3.20 bits per heavy atom. The Kier molecular flexibility index (Phi) is 2.55. The number of fused-ring (bicyclic) bond motifs is 5. The fraction of sp³-hybridized carbons (Fsp3) is 0.308. The van der Waals surface area contributed by atoms with E-state index in [-0.39, 0.29) is 6.04 Å². The summed E-state index contributed by atoms with van der Waals surface area (Å²) in [7, 11) is 0. The van der Waals surface area contributed by atoms with E-state index in [1.54, 1.807) is 16.3 Å². The molecule has 20 heavy (non-hydrogen) atoms. The summed E-state index contributed by atoms with van der Waals surface area (Å²) >= 11 is 7.43. The maximum atomic E-state index is 12.0. The molecule has 0 spiro atoms. The van der Waals surface area contributed by atoms with Gasteiger partial charge in [0.05, 0.1) is 11.6 Å². The third kappa shape index (κ3) is 1.53. The highest BCUT2D eigenvalue weighted by molar-refractivity contribution is 7.99. The molecule has 1 aromatic carbocycles. The van der Waals surface area contributed by atoms with Crippen molar-refractivity contribution in [2.75, 3.05) is 11.6 Å². The fourth-order valence-corrected chi connectivity index (χ4v) is 4.32. The predicted molar refractivity (Wildman–Crippen MR) is 80.4 cm³/mol. The van der Waals surface area contributed by atoms with Crippen molar-refractivity contribution >= 4 is 29.0 Å². The van der Waals surface area contributed by atoms with Gasteiger partial charge in [-0.3, -0.25) is 4.52 Å². The molecule has 102 valence electrons. The zero-order valence-electron chi connectivity index (χ0n) is 10.7. The van der Waals surface area contributed by atoms with Gasteiger partial charge in [-0.05, 0) is 19.1 Å². The summed E-state index contributed by atoms with van der Waals surface area (Å²) in [5.41, 5.74) is 2.78. The third-order valence-electron chi connectivity index (χ3n) is 3.69. The second kappa shape index (κ2) is 4.20. The highest BCUT2D eigenvalue weighted by Gasteiger charge is 2.38. The van der Waals surface area contributed by atoms with E-state index in [0.717, 1.165) is 33.4 Å². The van der Waals surface area contributed by atoms with Gasteiger partial charge in [-0.2, -0.15) is 0 Å². The second-order valence-corrected chi connectivity index (χ2v) is 6.34. The van der Waals surface area contributed by atoms with Crippen LogP contribution in [0.4, 0.5) is 0 Å². The van der Waals surface area contributed by atoms with Gasteiger partial charge < -0.3 is 4.90 Å². The van der Waals surface area contributed by atoms with Gasteiger partial charge in [-0.25, -0.2) is 9.36 Å². The summed E-state index contributed by atoms with van der Waals surface area (Å²) in [5.74, 6) is 1.87. The minimum absolute atomic E-state index is 0.00616. The van der Waals surface area contributed by atoms with Crippen molar-refractivity contribution in [1.82, 2.24) is 14.6 Å². The van der Waals surface area contributed by atoms with Crippen LogP contribution in [0.3, 0.4) is 0 Å². The predicted octanol–water partition coefficient (Wildman–Crippen LogP) is 1.87. The Morgan fingerprint density at radius 2 is 2.35 bits per heavy atom. The minimum Gasteiger partial charge on any atom is -0.342 e. The molecule has 1 aromatic heterocycles. The number of rotatable bonds is 0. The number of hydrogen-bond donors (Lipinski definition) is 0. The summed E-state index contributed by atoms with van der Waals surface area (Å²) < 4.78 is 6.43. The molecule has 1 fully saturated rings. The fourth-order valence-electron chi connectivity index (χ4n) is 2.72. The molecule has 0 N–H and O–H groups in total. The van der Waals surface area contributed by atoms with E-state index in [9.17, 15) is 4.79 Å². The summed E-state index contributed by atoms with van der Waals surface area (Å²) in [6, 6.07) is 5.91. The van der Waals surface area contributed by atoms with Gasteiger partial charge in [-0.15, -0.1) is 11.8 Å². The zero-order valence-corrected chi connectivity index (χ0v) is 12.3. The summed E-state index contributed by atoms with van der Waals surface area (Å²) in [5, 5.41) is 3.98. The Bertz CT molecular complexity index is 780. The molecule has 7 heteroatoms. The zero-order chi connectivity index (χ0) is 13.9. The van der Waals surface area contributed by atoms with Crippen LogP contribution in [0.15, 0.2) is 27.5 Å². The van der Waals surface area contributed by atoms with Crippen LogP contribution in [0, 0.1) is 6.92 Å². The first-order valence-electron chi connectivity index (χ1n) is 6.25. The van der Waals surface area contributed by atoms with Gasteiger partial charge in [0, 0.05) is 11.3 Å². The molecule has 2 aromatic rings. The number of nitrogens with zero attached hydrogens (tertiary/aromatic N) is 3. The van der Waals surface area contributed by atoms with Gasteiger partial charge in [0.15, 0.2) is 5.82 Å². The van der Waals surface area contributed by atoms with Crippen LogP contribution < -0.4 is 5.76 Å². The van der Waals surface area contributed by atoms with E-state index in [1.165, 1.54) is 0 Å². The Morgan fingerprint density at radius 1 is 1.50 bits per heavy atom. The summed E-state index contributed by atoms with van der Waals surface area (Å²) in [6.07, 6.45) is 0. The summed E-state index contributed by atoms with van der Waals surface area (Å²) in [6.45, 7) is 2.02. The van der Waals surface area contributed by atoms with Crippen LogP contribution >= 0.6 is 24.0 Å². The molecule has 2 aliphatic heterocycles. The van der Waals surface area contributed by atoms with E-state index >= 15 is 0 Å². The third-order valence-corrected chi connectivity index (χ3v) is 5.16. The van der Waals surface area contributed by atoms with Crippen molar-refractivity contribution in [1.29, 1.82) is 0 Å². The average molecular weight is 305 g/mol. The maximum Gasteiger partial charge on any atom is 0.446 e. The maximum absolute atomic E-state index is 12.0. The van der Waals surface area contributed by atoms with Gasteiger partial charge in [0.2, 0.25) is 0 Å². The lowest BCUT2D eigenvalue weighted by atomic mass is 10.1. The van der Waals surface area contributed by atoms with Crippen molar-refractivity contribution in [3.05, 3.63) is 45.7 Å². The van der Waals surface area contributed by atoms with Gasteiger partial charge in [0.25, 0.3) is 0 Å². The molecule has 0 bridgehead atoms. The summed E-state index contributed by atoms with van der Waals surface area (Å²) in [4.78, 5) is 14.9. The highest BCUT2D eigenvalue weighted by atomic mass is 32.2. The first kappa shape index (κ1) is 12.2. The minimum atomic E-state index is -0.452. The van der Waals surface area contributed by atoms with Crippen LogP contribution in [-0.2, 0) is 0 Å². The molecule has 2 aliphatic rings. The van der Waals surface area contributed by atoms with Crippen LogP contribution in [0.25, 0.3) is 5.69 Å².